The number of hydrogen-bond acceptors (Lipinski definition) is 5. The maximum Gasteiger partial charge on any atom is 0.305 e. The maximum atomic E-state index is 12.5. The van der Waals surface area contributed by atoms with Gasteiger partial charge in [0.15, 0.2) is 0 Å². The van der Waals surface area contributed by atoms with Gasteiger partial charge in [-0.1, -0.05) is 339 Å². The maximum absolute atomic E-state index is 12.5. The molecule has 0 aliphatic heterocycles. The van der Waals surface area contributed by atoms with E-state index in [9.17, 15) is 19.8 Å². The lowest BCUT2D eigenvalue weighted by Crippen LogP contribution is -2.45. The molecule has 1 amide bonds. The minimum Gasteiger partial charge on any atom is -0.466 e. The summed E-state index contributed by atoms with van der Waals surface area (Å²) in [6.07, 6.45) is 89.4. The Morgan fingerprint density at radius 1 is 0.338 bits per heavy atom. The number of unbranched alkanes of at least 4 members (excludes halogenated alkanes) is 53. The molecule has 3 N–H and O–H groups in total. The van der Waals surface area contributed by atoms with Crippen molar-refractivity contribution in [2.45, 2.75) is 411 Å². The van der Waals surface area contributed by atoms with Gasteiger partial charge in [-0.05, 0) is 83.5 Å². The Hall–Kier alpha value is -1.92. The monoisotopic (exact) mass is 1120 g/mol. The molecule has 0 aromatic heterocycles. The van der Waals surface area contributed by atoms with E-state index < -0.39 is 12.1 Å². The van der Waals surface area contributed by atoms with Gasteiger partial charge in [0.1, 0.15) is 0 Å². The standard InChI is InChI=1S/C74H141NO5/c1-3-5-7-9-11-13-15-17-19-20-21-22-27-30-33-36-39-42-46-50-54-58-62-66-72(77)71(70-76)75-73(78)67-63-59-55-51-47-43-40-37-34-31-28-25-23-24-26-29-32-35-38-41-45-49-53-57-61-65-69-80-74(79)68-64-60-56-52-48-44-18-16-14-12-10-8-6-4-2/h16,18,23,25,62,66,71-72,76-77H,3-15,17,19-22,24,26-61,63-65,67-70H2,1-2H3,(H,75,78)/b18-16-,25-23-,66-62+. The molecule has 0 aliphatic rings. The van der Waals surface area contributed by atoms with Gasteiger partial charge in [-0.2, -0.15) is 0 Å². The average Bonchev–Trinajstić information content (AvgIpc) is 3.46. The van der Waals surface area contributed by atoms with E-state index in [4.69, 9.17) is 4.74 Å². The number of hydrogen-bond donors (Lipinski definition) is 3. The number of aliphatic hydroxyl groups excluding tert-OH is 2. The SMILES string of the molecule is CCCCCCC/C=C\CCCCCCCC(=O)OCCCCCCCCCCCCCC/C=C\CCCCCCCCCCCCC(=O)NC(CO)C(O)/C=C/CCCCCCCCCCCCCCCCCCCCCCC. The molecule has 0 fully saturated rings. The van der Waals surface area contributed by atoms with Crippen LogP contribution in [0.2, 0.25) is 0 Å². The van der Waals surface area contributed by atoms with Crippen molar-refractivity contribution >= 4 is 11.9 Å². The zero-order chi connectivity index (χ0) is 57.8. The fourth-order valence-electron chi connectivity index (χ4n) is 11.3. The number of allylic oxidation sites excluding steroid dienone is 5. The minimum absolute atomic E-state index is 0.00588. The van der Waals surface area contributed by atoms with E-state index in [1.54, 1.807) is 6.08 Å². The van der Waals surface area contributed by atoms with E-state index >= 15 is 0 Å². The van der Waals surface area contributed by atoms with Crippen LogP contribution in [-0.2, 0) is 14.3 Å². The Balaban J connectivity index is 3.42. The van der Waals surface area contributed by atoms with Gasteiger partial charge < -0.3 is 20.3 Å². The summed E-state index contributed by atoms with van der Waals surface area (Å²) in [5.74, 6) is -0.0600. The Bertz CT molecular complexity index is 1300. The number of esters is 1. The number of aliphatic hydroxyl groups is 2. The van der Waals surface area contributed by atoms with Gasteiger partial charge >= 0.3 is 5.97 Å². The molecule has 0 aromatic rings. The van der Waals surface area contributed by atoms with Crippen molar-refractivity contribution in [3.8, 4) is 0 Å². The molecule has 2 atom stereocenters. The van der Waals surface area contributed by atoms with Crippen LogP contribution in [0, 0.1) is 0 Å². The average molecular weight is 1120 g/mol. The van der Waals surface area contributed by atoms with E-state index in [0.717, 1.165) is 44.9 Å². The number of ether oxygens (including phenoxy) is 1. The van der Waals surface area contributed by atoms with E-state index in [0.29, 0.717) is 19.4 Å². The van der Waals surface area contributed by atoms with Gasteiger partial charge in [-0.25, -0.2) is 0 Å². The molecule has 0 bridgehead atoms. The summed E-state index contributed by atoms with van der Waals surface area (Å²) in [6.45, 7) is 4.93. The van der Waals surface area contributed by atoms with Crippen LogP contribution in [0.25, 0.3) is 0 Å². The van der Waals surface area contributed by atoms with Crippen LogP contribution in [0.15, 0.2) is 36.5 Å². The predicted molar refractivity (Wildman–Crippen MR) is 352 cm³/mol. The van der Waals surface area contributed by atoms with Crippen LogP contribution in [0.1, 0.15) is 399 Å². The molecule has 0 aromatic carbocycles. The van der Waals surface area contributed by atoms with Gasteiger partial charge in [0, 0.05) is 12.8 Å². The molecular formula is C74H141NO5. The van der Waals surface area contributed by atoms with Crippen LogP contribution in [-0.4, -0.2) is 47.4 Å². The first-order valence-electron chi connectivity index (χ1n) is 36.3. The molecule has 6 heteroatoms. The van der Waals surface area contributed by atoms with Crippen LogP contribution in [0.4, 0.5) is 0 Å². The largest absolute Gasteiger partial charge is 0.466 e. The Kier molecular flexibility index (Phi) is 67.9. The second-order valence-electron chi connectivity index (χ2n) is 24.9. The summed E-state index contributed by atoms with van der Waals surface area (Å²) in [4.78, 5) is 24.6. The van der Waals surface area contributed by atoms with Gasteiger partial charge in [0.2, 0.25) is 5.91 Å². The summed E-state index contributed by atoms with van der Waals surface area (Å²) in [5, 5.41) is 23.3. The normalized spacial score (nSPS) is 12.7. The number of amides is 1. The fraction of sp³-hybridized carbons (Fsp3) is 0.892. The first-order chi connectivity index (χ1) is 39.5. The fourth-order valence-corrected chi connectivity index (χ4v) is 11.3. The van der Waals surface area contributed by atoms with Crippen molar-refractivity contribution in [2.75, 3.05) is 13.2 Å². The first kappa shape index (κ1) is 78.1. The Labute approximate surface area is 500 Å². The van der Waals surface area contributed by atoms with Crippen LogP contribution < -0.4 is 5.32 Å². The van der Waals surface area contributed by atoms with E-state index in [2.05, 4.69) is 43.5 Å². The zero-order valence-electron chi connectivity index (χ0n) is 54.1. The molecule has 0 radical (unpaired) electrons. The molecule has 0 rings (SSSR count). The quantitative estimate of drug-likeness (QED) is 0.0320. The second kappa shape index (κ2) is 69.6. The summed E-state index contributed by atoms with van der Waals surface area (Å²) in [5.41, 5.74) is 0. The third kappa shape index (κ3) is 65.2. The molecule has 2 unspecified atom stereocenters. The predicted octanol–water partition coefficient (Wildman–Crippen LogP) is 23.5. The first-order valence-corrected chi connectivity index (χ1v) is 36.3. The molecular weight excluding hydrogens is 983 g/mol. The molecule has 80 heavy (non-hydrogen) atoms. The summed E-state index contributed by atoms with van der Waals surface area (Å²) in [7, 11) is 0. The van der Waals surface area contributed by atoms with Crippen molar-refractivity contribution in [1.82, 2.24) is 5.32 Å². The smallest absolute Gasteiger partial charge is 0.305 e. The molecule has 0 saturated carbocycles. The van der Waals surface area contributed by atoms with Crippen molar-refractivity contribution in [3.63, 3.8) is 0 Å². The van der Waals surface area contributed by atoms with Gasteiger partial charge in [0.25, 0.3) is 0 Å². The van der Waals surface area contributed by atoms with Gasteiger partial charge in [-0.15, -0.1) is 0 Å². The summed E-state index contributed by atoms with van der Waals surface area (Å²) >= 11 is 0. The van der Waals surface area contributed by atoms with E-state index in [1.165, 1.54) is 327 Å². The molecule has 0 spiro atoms. The topological polar surface area (TPSA) is 95.9 Å². The van der Waals surface area contributed by atoms with Crippen molar-refractivity contribution < 1.29 is 24.5 Å². The summed E-state index contributed by atoms with van der Waals surface area (Å²) in [6, 6.07) is -0.631. The van der Waals surface area contributed by atoms with Crippen molar-refractivity contribution in [2.24, 2.45) is 0 Å². The van der Waals surface area contributed by atoms with Crippen LogP contribution >= 0.6 is 0 Å². The minimum atomic E-state index is -0.847. The third-order valence-corrected chi connectivity index (χ3v) is 16.9. The number of carbonyl (C=O) groups excluding carboxylic acids is 2. The Morgan fingerprint density at radius 3 is 0.887 bits per heavy atom. The van der Waals surface area contributed by atoms with Gasteiger partial charge in [0.05, 0.1) is 25.4 Å². The van der Waals surface area contributed by atoms with E-state index in [-0.39, 0.29) is 18.5 Å². The summed E-state index contributed by atoms with van der Waals surface area (Å²) < 4.78 is 5.48. The second-order valence-corrected chi connectivity index (χ2v) is 24.9. The lowest BCUT2D eigenvalue weighted by molar-refractivity contribution is -0.143. The molecule has 472 valence electrons. The van der Waals surface area contributed by atoms with Crippen LogP contribution in [0.3, 0.4) is 0 Å². The highest BCUT2D eigenvalue weighted by Crippen LogP contribution is 2.18. The lowest BCUT2D eigenvalue weighted by atomic mass is 10.0. The van der Waals surface area contributed by atoms with Gasteiger partial charge in [-0.3, -0.25) is 9.59 Å². The number of rotatable bonds is 68. The molecule has 0 heterocycles. The molecule has 0 saturated heterocycles. The molecule has 6 nitrogen and oxygen atoms in total. The third-order valence-electron chi connectivity index (χ3n) is 16.9. The van der Waals surface area contributed by atoms with E-state index in [1.807, 2.05) is 6.08 Å². The molecule has 0 aliphatic carbocycles. The van der Waals surface area contributed by atoms with Crippen molar-refractivity contribution in [3.05, 3.63) is 36.5 Å². The number of carbonyl (C=O) groups is 2. The number of nitrogens with one attached hydrogen (secondary N) is 1. The van der Waals surface area contributed by atoms with Crippen LogP contribution in [0.5, 0.6) is 0 Å². The highest BCUT2D eigenvalue weighted by molar-refractivity contribution is 5.76. The zero-order valence-corrected chi connectivity index (χ0v) is 54.1. The Morgan fingerprint density at radius 2 is 0.588 bits per heavy atom. The highest BCUT2D eigenvalue weighted by atomic mass is 16.5. The van der Waals surface area contributed by atoms with Crippen molar-refractivity contribution in [1.29, 1.82) is 0 Å². The lowest BCUT2D eigenvalue weighted by Gasteiger charge is -2.20. The highest BCUT2D eigenvalue weighted by Gasteiger charge is 2.18.